The van der Waals surface area contributed by atoms with E-state index in [1.807, 2.05) is 6.92 Å². The van der Waals surface area contributed by atoms with Crippen LogP contribution in [0.1, 0.15) is 43.5 Å². The molecule has 0 radical (unpaired) electrons. The van der Waals surface area contributed by atoms with Crippen molar-refractivity contribution in [1.82, 2.24) is 0 Å². The summed E-state index contributed by atoms with van der Waals surface area (Å²) in [6, 6.07) is 6.13. The molecule has 0 bridgehead atoms. The Labute approximate surface area is 113 Å². The first-order valence-electron chi connectivity index (χ1n) is 6.52. The van der Waals surface area contributed by atoms with Crippen molar-refractivity contribution < 1.29 is 4.21 Å². The van der Waals surface area contributed by atoms with E-state index >= 15 is 0 Å². The Morgan fingerprint density at radius 2 is 1.83 bits per heavy atom. The highest BCUT2D eigenvalue weighted by Gasteiger charge is 2.19. The Bertz CT molecular complexity index is 429. The first-order valence-corrected chi connectivity index (χ1v) is 7.91. The fourth-order valence-corrected chi connectivity index (χ4v) is 3.41. The quantitative estimate of drug-likeness (QED) is 0.891. The molecule has 18 heavy (non-hydrogen) atoms. The normalized spacial score (nSPS) is 16.6. The number of rotatable bonds is 5. The van der Waals surface area contributed by atoms with Crippen LogP contribution >= 0.6 is 0 Å². The van der Waals surface area contributed by atoms with Crippen LogP contribution < -0.4 is 5.73 Å². The molecule has 0 aromatic heterocycles. The van der Waals surface area contributed by atoms with Gasteiger partial charge in [0.05, 0.1) is 0 Å². The maximum Gasteiger partial charge on any atom is 0.0431 e. The maximum absolute atomic E-state index is 12.2. The summed E-state index contributed by atoms with van der Waals surface area (Å²) in [7, 11) is -0.864. The SMILES string of the molecule is Cc1ccc(C(N)CS(=O)C(C)C(C)C)c(C)c1. The molecule has 3 heteroatoms. The lowest BCUT2D eigenvalue weighted by molar-refractivity contribution is 0.601. The summed E-state index contributed by atoms with van der Waals surface area (Å²) in [6.07, 6.45) is 0. The molecular formula is C15H25NOS. The third kappa shape index (κ3) is 3.92. The van der Waals surface area contributed by atoms with Crippen molar-refractivity contribution in [2.75, 3.05) is 5.75 Å². The van der Waals surface area contributed by atoms with Gasteiger partial charge >= 0.3 is 0 Å². The molecule has 0 spiro atoms. The third-order valence-electron chi connectivity index (χ3n) is 3.52. The summed E-state index contributed by atoms with van der Waals surface area (Å²) < 4.78 is 12.2. The molecule has 3 atom stereocenters. The molecule has 0 aliphatic rings. The van der Waals surface area contributed by atoms with E-state index in [1.54, 1.807) is 0 Å². The van der Waals surface area contributed by atoms with Crippen molar-refractivity contribution in [2.24, 2.45) is 11.7 Å². The largest absolute Gasteiger partial charge is 0.323 e. The summed E-state index contributed by atoms with van der Waals surface area (Å²) >= 11 is 0. The Kier molecular flexibility index (Phi) is 5.54. The minimum absolute atomic E-state index is 0.132. The molecule has 102 valence electrons. The number of nitrogens with two attached hydrogens (primary N) is 1. The van der Waals surface area contributed by atoms with Crippen LogP contribution in [0, 0.1) is 19.8 Å². The zero-order valence-electron chi connectivity index (χ0n) is 12.1. The smallest absolute Gasteiger partial charge is 0.0431 e. The van der Waals surface area contributed by atoms with Crippen molar-refractivity contribution in [3.63, 3.8) is 0 Å². The summed E-state index contributed by atoms with van der Waals surface area (Å²) in [5.74, 6) is 0.973. The van der Waals surface area contributed by atoms with Crippen molar-refractivity contribution in [3.8, 4) is 0 Å². The van der Waals surface area contributed by atoms with Gasteiger partial charge in [0.2, 0.25) is 0 Å². The molecule has 1 rings (SSSR count). The van der Waals surface area contributed by atoms with Gasteiger partial charge in [-0.05, 0) is 30.9 Å². The van der Waals surface area contributed by atoms with Gasteiger partial charge in [-0.25, -0.2) is 0 Å². The molecule has 1 aromatic carbocycles. The van der Waals surface area contributed by atoms with E-state index in [4.69, 9.17) is 5.73 Å². The number of hydrogen-bond donors (Lipinski definition) is 1. The van der Waals surface area contributed by atoms with Gasteiger partial charge in [-0.15, -0.1) is 0 Å². The second kappa shape index (κ2) is 6.48. The van der Waals surface area contributed by atoms with Gasteiger partial charge in [-0.3, -0.25) is 4.21 Å². The van der Waals surface area contributed by atoms with Gasteiger partial charge in [-0.1, -0.05) is 44.5 Å². The zero-order chi connectivity index (χ0) is 13.9. The second-order valence-corrected chi connectivity index (χ2v) is 7.30. The zero-order valence-corrected chi connectivity index (χ0v) is 12.9. The second-order valence-electron chi connectivity index (χ2n) is 5.46. The van der Waals surface area contributed by atoms with E-state index in [9.17, 15) is 4.21 Å². The highest BCUT2D eigenvalue weighted by Crippen LogP contribution is 2.20. The van der Waals surface area contributed by atoms with Gasteiger partial charge in [0.1, 0.15) is 0 Å². The molecule has 0 amide bonds. The van der Waals surface area contributed by atoms with Gasteiger partial charge in [0, 0.05) is 27.8 Å². The van der Waals surface area contributed by atoms with E-state index in [2.05, 4.69) is 45.9 Å². The van der Waals surface area contributed by atoms with Gasteiger partial charge < -0.3 is 5.73 Å². The highest BCUT2D eigenvalue weighted by molar-refractivity contribution is 7.85. The van der Waals surface area contributed by atoms with Crippen LogP contribution in [-0.2, 0) is 10.8 Å². The first kappa shape index (κ1) is 15.4. The number of aryl methyl sites for hydroxylation is 2. The number of hydrogen-bond acceptors (Lipinski definition) is 2. The Hall–Kier alpha value is -0.670. The van der Waals surface area contributed by atoms with Crippen LogP contribution in [-0.4, -0.2) is 15.2 Å². The van der Waals surface area contributed by atoms with Crippen LogP contribution in [0.2, 0.25) is 0 Å². The summed E-state index contributed by atoms with van der Waals surface area (Å²) in [5.41, 5.74) is 9.73. The van der Waals surface area contributed by atoms with E-state index in [1.165, 1.54) is 11.1 Å². The average Bonchev–Trinajstić information content (AvgIpc) is 2.27. The molecule has 0 saturated carbocycles. The van der Waals surface area contributed by atoms with E-state index in [-0.39, 0.29) is 11.3 Å². The average molecular weight is 267 g/mol. The molecule has 2 nitrogen and oxygen atoms in total. The summed E-state index contributed by atoms with van der Waals surface area (Å²) in [5, 5.41) is 0.196. The summed E-state index contributed by atoms with van der Waals surface area (Å²) in [6.45, 7) is 10.4. The van der Waals surface area contributed by atoms with E-state index < -0.39 is 10.8 Å². The number of benzene rings is 1. The van der Waals surface area contributed by atoms with Crippen molar-refractivity contribution in [1.29, 1.82) is 0 Å². The molecule has 0 aliphatic heterocycles. The Morgan fingerprint density at radius 3 is 2.33 bits per heavy atom. The molecule has 1 aromatic rings. The van der Waals surface area contributed by atoms with Crippen LogP contribution in [0.4, 0.5) is 0 Å². The van der Waals surface area contributed by atoms with E-state index in [0.29, 0.717) is 11.7 Å². The first-order chi connectivity index (χ1) is 8.32. The minimum atomic E-state index is -0.864. The Balaban J connectivity index is 2.76. The van der Waals surface area contributed by atoms with Gasteiger partial charge in [0.25, 0.3) is 0 Å². The lowest BCUT2D eigenvalue weighted by Gasteiger charge is -2.20. The van der Waals surface area contributed by atoms with Crippen molar-refractivity contribution in [3.05, 3.63) is 34.9 Å². The maximum atomic E-state index is 12.2. The van der Waals surface area contributed by atoms with Crippen molar-refractivity contribution >= 4 is 10.8 Å². The predicted molar refractivity (Wildman–Crippen MR) is 80.2 cm³/mol. The predicted octanol–water partition coefficient (Wildman–Crippen LogP) is 3.10. The molecule has 3 unspecified atom stereocenters. The topological polar surface area (TPSA) is 43.1 Å². The third-order valence-corrected chi connectivity index (χ3v) is 5.58. The molecule has 0 saturated heterocycles. The van der Waals surface area contributed by atoms with Gasteiger partial charge in [-0.2, -0.15) is 0 Å². The molecule has 0 fully saturated rings. The molecule has 0 aliphatic carbocycles. The van der Waals surface area contributed by atoms with Crippen LogP contribution in [0.25, 0.3) is 0 Å². The Morgan fingerprint density at radius 1 is 1.22 bits per heavy atom. The fourth-order valence-electron chi connectivity index (χ4n) is 1.96. The fraction of sp³-hybridized carbons (Fsp3) is 0.600. The monoisotopic (exact) mass is 267 g/mol. The van der Waals surface area contributed by atoms with Crippen LogP contribution in [0.5, 0.6) is 0 Å². The molecule has 2 N–H and O–H groups in total. The standard InChI is InChI=1S/C15H25NOS/c1-10(2)13(5)18(17)9-15(16)14-7-6-11(3)8-12(14)4/h6-8,10,13,15H,9,16H2,1-5H3. The summed E-state index contributed by atoms with van der Waals surface area (Å²) in [4.78, 5) is 0. The lowest BCUT2D eigenvalue weighted by atomic mass is 10.0. The van der Waals surface area contributed by atoms with Crippen LogP contribution in [0.3, 0.4) is 0 Å². The van der Waals surface area contributed by atoms with Crippen LogP contribution in [0.15, 0.2) is 18.2 Å². The highest BCUT2D eigenvalue weighted by atomic mass is 32.2. The lowest BCUT2D eigenvalue weighted by Crippen LogP contribution is -2.27. The minimum Gasteiger partial charge on any atom is -0.323 e. The van der Waals surface area contributed by atoms with Crippen molar-refractivity contribution in [2.45, 2.75) is 45.9 Å². The molecular weight excluding hydrogens is 242 g/mol. The van der Waals surface area contributed by atoms with Gasteiger partial charge in [0.15, 0.2) is 0 Å². The van der Waals surface area contributed by atoms with E-state index in [0.717, 1.165) is 5.56 Å². The molecule has 0 heterocycles.